The molecule has 5 nitrogen and oxygen atoms in total. The number of aromatic nitrogens is 1. The van der Waals surface area contributed by atoms with E-state index in [1.54, 1.807) is 0 Å². The van der Waals surface area contributed by atoms with Crippen molar-refractivity contribution in [1.82, 2.24) is 10.3 Å². The topological polar surface area (TPSA) is 71.2 Å². The smallest absolute Gasteiger partial charge is 0.268 e. The summed E-state index contributed by atoms with van der Waals surface area (Å²) in [6, 6.07) is 7.56. The van der Waals surface area contributed by atoms with Crippen molar-refractivity contribution in [2.75, 3.05) is 7.11 Å². The maximum Gasteiger partial charge on any atom is 0.268 e. The van der Waals surface area contributed by atoms with Gasteiger partial charge in [-0.15, -0.1) is 0 Å². The molecule has 2 aromatic rings. The van der Waals surface area contributed by atoms with Crippen molar-refractivity contribution < 1.29 is 9.53 Å². The van der Waals surface area contributed by atoms with Crippen molar-refractivity contribution >= 4 is 5.91 Å². The van der Waals surface area contributed by atoms with Crippen LogP contribution in [0.4, 0.5) is 0 Å². The number of carbonyl (C=O) groups excluding carboxylic acids is 1. The van der Waals surface area contributed by atoms with E-state index in [-0.39, 0.29) is 28.8 Å². The molecule has 5 heteroatoms. The lowest BCUT2D eigenvalue weighted by molar-refractivity contribution is 0.0934. The minimum Gasteiger partial charge on any atom is -0.491 e. The molecule has 1 aliphatic rings. The van der Waals surface area contributed by atoms with Gasteiger partial charge in [0.1, 0.15) is 5.69 Å². The summed E-state index contributed by atoms with van der Waals surface area (Å²) in [6.45, 7) is 1.95. The van der Waals surface area contributed by atoms with Gasteiger partial charge in [0, 0.05) is 12.3 Å². The highest BCUT2D eigenvalue weighted by atomic mass is 16.5. The Labute approximate surface area is 141 Å². The fourth-order valence-corrected chi connectivity index (χ4v) is 3.13. The second-order valence-electron chi connectivity index (χ2n) is 6.21. The molecule has 1 heterocycles. The number of hydrogen-bond acceptors (Lipinski definition) is 3. The number of aromatic amines is 1. The van der Waals surface area contributed by atoms with Crippen LogP contribution in [0.3, 0.4) is 0 Å². The lowest BCUT2D eigenvalue weighted by Gasteiger charge is -2.20. The molecule has 0 unspecified atom stereocenters. The lowest BCUT2D eigenvalue weighted by Crippen LogP contribution is -2.28. The van der Waals surface area contributed by atoms with Crippen LogP contribution in [0.15, 0.2) is 35.3 Å². The van der Waals surface area contributed by atoms with E-state index < -0.39 is 0 Å². The molecule has 0 radical (unpaired) electrons. The van der Waals surface area contributed by atoms with E-state index in [0.29, 0.717) is 0 Å². The van der Waals surface area contributed by atoms with E-state index in [1.807, 2.05) is 6.92 Å². The highest BCUT2D eigenvalue weighted by Gasteiger charge is 2.16. The number of hydrogen-bond donors (Lipinski definition) is 2. The number of ether oxygens (including phenoxy) is 1. The number of benzene rings is 1. The van der Waals surface area contributed by atoms with E-state index in [0.717, 1.165) is 18.4 Å². The molecule has 0 bridgehead atoms. The molecule has 0 fully saturated rings. The molecule has 1 aromatic carbocycles. The van der Waals surface area contributed by atoms with Gasteiger partial charge in [0.15, 0.2) is 5.75 Å². The lowest BCUT2D eigenvalue weighted by atomic mass is 9.89. The number of H-pyrrole nitrogens is 1. The number of nitrogens with one attached hydrogen (secondary N) is 2. The van der Waals surface area contributed by atoms with Gasteiger partial charge in [0.2, 0.25) is 5.43 Å². The van der Waals surface area contributed by atoms with Gasteiger partial charge in [-0.2, -0.15) is 0 Å². The summed E-state index contributed by atoms with van der Waals surface area (Å²) >= 11 is 0. The molecular formula is C19H22N2O3. The molecule has 126 valence electrons. The number of rotatable bonds is 4. The average Bonchev–Trinajstić information content (AvgIpc) is 2.61. The van der Waals surface area contributed by atoms with Gasteiger partial charge < -0.3 is 15.0 Å². The summed E-state index contributed by atoms with van der Waals surface area (Å²) in [5.41, 5.74) is 3.80. The monoisotopic (exact) mass is 326 g/mol. The Morgan fingerprint density at radius 2 is 1.96 bits per heavy atom. The molecule has 1 aromatic heterocycles. The second kappa shape index (κ2) is 6.91. The van der Waals surface area contributed by atoms with Crippen LogP contribution in [0.5, 0.6) is 5.75 Å². The minimum absolute atomic E-state index is 0.129. The van der Waals surface area contributed by atoms with Crippen LogP contribution in [-0.2, 0) is 12.8 Å². The third kappa shape index (κ3) is 3.35. The highest BCUT2D eigenvalue weighted by Crippen LogP contribution is 2.24. The van der Waals surface area contributed by atoms with Crippen LogP contribution in [0, 0.1) is 0 Å². The number of fused-ring (bicyclic) bond motifs is 1. The molecule has 24 heavy (non-hydrogen) atoms. The van der Waals surface area contributed by atoms with E-state index >= 15 is 0 Å². The van der Waals surface area contributed by atoms with Gasteiger partial charge >= 0.3 is 0 Å². The van der Waals surface area contributed by atoms with Gasteiger partial charge in [0.25, 0.3) is 5.91 Å². The predicted molar refractivity (Wildman–Crippen MR) is 92.6 cm³/mol. The molecule has 0 aliphatic heterocycles. The first kappa shape index (κ1) is 16.3. The normalized spacial score (nSPS) is 14.6. The van der Waals surface area contributed by atoms with Crippen LogP contribution < -0.4 is 15.5 Å². The van der Waals surface area contributed by atoms with Gasteiger partial charge in [-0.3, -0.25) is 9.59 Å². The number of carbonyl (C=O) groups is 1. The first-order valence-corrected chi connectivity index (χ1v) is 8.28. The largest absolute Gasteiger partial charge is 0.491 e. The number of methoxy groups -OCH3 is 1. The summed E-state index contributed by atoms with van der Waals surface area (Å²) in [7, 11) is 1.42. The maximum atomic E-state index is 12.3. The Morgan fingerprint density at radius 1 is 1.21 bits per heavy atom. The zero-order valence-corrected chi connectivity index (χ0v) is 14.0. The zero-order chi connectivity index (χ0) is 17.1. The van der Waals surface area contributed by atoms with E-state index in [1.165, 1.54) is 43.3 Å². The van der Waals surface area contributed by atoms with Gasteiger partial charge in [-0.1, -0.05) is 18.2 Å². The van der Waals surface area contributed by atoms with Crippen molar-refractivity contribution in [2.24, 2.45) is 0 Å². The molecule has 1 aliphatic carbocycles. The van der Waals surface area contributed by atoms with Crippen molar-refractivity contribution in [3.8, 4) is 5.75 Å². The number of amides is 1. The molecular weight excluding hydrogens is 304 g/mol. The van der Waals surface area contributed by atoms with Crippen molar-refractivity contribution in [2.45, 2.75) is 38.6 Å². The third-order valence-electron chi connectivity index (χ3n) is 4.56. The van der Waals surface area contributed by atoms with E-state index in [4.69, 9.17) is 4.74 Å². The number of pyridine rings is 1. The molecule has 0 saturated carbocycles. The third-order valence-corrected chi connectivity index (χ3v) is 4.56. The Balaban J connectivity index is 1.74. The SMILES string of the molecule is COc1c[nH]c(C(=O)N[C@H](C)c2ccc3c(c2)CCCC3)cc1=O. The highest BCUT2D eigenvalue weighted by molar-refractivity contribution is 5.92. The molecule has 0 spiro atoms. The molecule has 1 amide bonds. The summed E-state index contributed by atoms with van der Waals surface area (Å²) < 4.78 is 4.91. The van der Waals surface area contributed by atoms with Crippen LogP contribution in [-0.4, -0.2) is 18.0 Å². The van der Waals surface area contributed by atoms with Crippen molar-refractivity contribution in [3.63, 3.8) is 0 Å². The van der Waals surface area contributed by atoms with E-state index in [9.17, 15) is 9.59 Å². The molecule has 1 atom stereocenters. The first-order chi connectivity index (χ1) is 11.6. The zero-order valence-electron chi connectivity index (χ0n) is 14.0. The molecule has 0 saturated heterocycles. The molecule has 3 rings (SSSR count). The maximum absolute atomic E-state index is 12.3. The standard InChI is InChI=1S/C19H22N2O3/c1-12(14-8-7-13-5-3-4-6-15(13)9-14)21-19(23)16-10-17(22)18(24-2)11-20-16/h7-12H,3-6H2,1-2H3,(H,20,22)(H,21,23)/t12-/m1/s1. The van der Waals surface area contributed by atoms with Crippen LogP contribution in [0.1, 0.15) is 53.0 Å². The Kier molecular flexibility index (Phi) is 4.69. The minimum atomic E-state index is -0.317. The van der Waals surface area contributed by atoms with Gasteiger partial charge in [-0.05, 0) is 49.3 Å². The quantitative estimate of drug-likeness (QED) is 0.907. The summed E-state index contributed by atoms with van der Waals surface area (Å²) in [5, 5.41) is 2.93. The average molecular weight is 326 g/mol. The fourth-order valence-electron chi connectivity index (χ4n) is 3.13. The Morgan fingerprint density at radius 3 is 2.67 bits per heavy atom. The first-order valence-electron chi connectivity index (χ1n) is 8.28. The number of aryl methyl sites for hydroxylation is 2. The Bertz CT molecular complexity index is 810. The van der Waals surface area contributed by atoms with Crippen molar-refractivity contribution in [1.29, 1.82) is 0 Å². The Hall–Kier alpha value is -2.56. The van der Waals surface area contributed by atoms with Crippen LogP contribution in [0.25, 0.3) is 0 Å². The molecule has 2 N–H and O–H groups in total. The second-order valence-corrected chi connectivity index (χ2v) is 6.21. The van der Waals surface area contributed by atoms with Crippen LogP contribution >= 0.6 is 0 Å². The van der Waals surface area contributed by atoms with Crippen LogP contribution in [0.2, 0.25) is 0 Å². The van der Waals surface area contributed by atoms with Crippen molar-refractivity contribution in [3.05, 3.63) is 63.1 Å². The fraction of sp³-hybridized carbons (Fsp3) is 0.368. The van der Waals surface area contributed by atoms with Gasteiger partial charge in [-0.25, -0.2) is 0 Å². The summed E-state index contributed by atoms with van der Waals surface area (Å²) in [4.78, 5) is 26.9. The van der Waals surface area contributed by atoms with Gasteiger partial charge in [0.05, 0.1) is 13.2 Å². The summed E-state index contributed by atoms with van der Waals surface area (Å²) in [6.07, 6.45) is 6.13. The summed E-state index contributed by atoms with van der Waals surface area (Å²) in [5.74, 6) is -0.116. The van der Waals surface area contributed by atoms with E-state index in [2.05, 4.69) is 28.5 Å². The predicted octanol–water partition coefficient (Wildman–Crippen LogP) is 2.75.